The third-order valence-corrected chi connectivity index (χ3v) is 2.86. The van der Waals surface area contributed by atoms with Crippen LogP contribution in [0.3, 0.4) is 0 Å². The molecule has 1 aliphatic heterocycles. The second kappa shape index (κ2) is 3.76. The van der Waals surface area contributed by atoms with Crippen LogP contribution in [-0.4, -0.2) is 21.3 Å². The quantitative estimate of drug-likeness (QED) is 0.460. The molecule has 1 nitrogen and oxygen atoms in total. The van der Waals surface area contributed by atoms with E-state index in [1.807, 2.05) is 0 Å². The summed E-state index contributed by atoms with van der Waals surface area (Å²) in [5.41, 5.74) is 0. The van der Waals surface area contributed by atoms with Gasteiger partial charge in [0.05, 0.1) is 0 Å². The average molecular weight is 189 g/mol. The van der Waals surface area contributed by atoms with E-state index in [2.05, 4.69) is 31.4 Å². The summed E-state index contributed by atoms with van der Waals surface area (Å²) < 4.78 is 0.754. The smallest absolute Gasteiger partial charge is 0.133 e. The maximum Gasteiger partial charge on any atom is 0.133 e. The van der Waals surface area contributed by atoms with Gasteiger partial charge in [0, 0.05) is 12.1 Å². The number of thiocarbonyl (C=S) groups is 1. The second-order valence-corrected chi connectivity index (χ2v) is 4.43. The number of likely N-dealkylation sites (tertiary alicyclic amines) is 1. The Morgan fingerprint density at radius 1 is 1.36 bits per heavy atom. The van der Waals surface area contributed by atoms with Crippen molar-refractivity contribution in [3.63, 3.8) is 0 Å². The van der Waals surface area contributed by atoms with E-state index in [9.17, 15) is 0 Å². The standard InChI is InChI=1S/C8H15NS2/c1-6-4-3-5-7(2)9(6)8(10)11/h6-7H,3-5H2,1-2H3,(H,10,11)/t6-,7+. The van der Waals surface area contributed by atoms with Crippen LogP contribution in [0.4, 0.5) is 0 Å². The topological polar surface area (TPSA) is 3.24 Å². The Hall–Kier alpha value is 0.240. The van der Waals surface area contributed by atoms with Gasteiger partial charge >= 0.3 is 0 Å². The number of thiol groups is 1. The Morgan fingerprint density at radius 2 is 1.82 bits per heavy atom. The molecule has 0 N–H and O–H groups in total. The van der Waals surface area contributed by atoms with Crippen molar-refractivity contribution >= 4 is 29.2 Å². The molecule has 0 bridgehead atoms. The molecule has 1 rings (SSSR count). The van der Waals surface area contributed by atoms with Gasteiger partial charge in [0.15, 0.2) is 0 Å². The van der Waals surface area contributed by atoms with E-state index in [1.54, 1.807) is 0 Å². The maximum absolute atomic E-state index is 5.06. The molecule has 0 aromatic heterocycles. The van der Waals surface area contributed by atoms with Crippen LogP contribution in [0.1, 0.15) is 33.1 Å². The number of hydrogen-bond acceptors (Lipinski definition) is 1. The van der Waals surface area contributed by atoms with Crippen molar-refractivity contribution in [1.29, 1.82) is 0 Å². The lowest BCUT2D eigenvalue weighted by Gasteiger charge is -2.39. The van der Waals surface area contributed by atoms with Crippen LogP contribution < -0.4 is 0 Å². The molecule has 0 radical (unpaired) electrons. The molecule has 0 spiro atoms. The minimum Gasteiger partial charge on any atom is -0.352 e. The van der Waals surface area contributed by atoms with Gasteiger partial charge in [-0.1, -0.05) is 12.2 Å². The van der Waals surface area contributed by atoms with Crippen LogP contribution in [0.2, 0.25) is 0 Å². The highest BCUT2D eigenvalue weighted by molar-refractivity contribution is 8.10. The molecule has 0 amide bonds. The molecule has 3 heteroatoms. The number of piperidine rings is 1. The first-order valence-electron chi connectivity index (χ1n) is 4.14. The molecule has 1 saturated heterocycles. The lowest BCUT2D eigenvalue weighted by molar-refractivity contribution is 0.199. The Kier molecular flexibility index (Phi) is 3.19. The van der Waals surface area contributed by atoms with Gasteiger partial charge in [0.1, 0.15) is 4.32 Å². The molecule has 0 aromatic rings. The summed E-state index contributed by atoms with van der Waals surface area (Å²) in [6.45, 7) is 4.44. The lowest BCUT2D eigenvalue weighted by Crippen LogP contribution is -2.44. The van der Waals surface area contributed by atoms with E-state index in [0.29, 0.717) is 12.1 Å². The summed E-state index contributed by atoms with van der Waals surface area (Å²) in [7, 11) is 0. The highest BCUT2D eigenvalue weighted by Crippen LogP contribution is 2.23. The summed E-state index contributed by atoms with van der Waals surface area (Å²) in [4.78, 5) is 2.24. The van der Waals surface area contributed by atoms with Crippen molar-refractivity contribution < 1.29 is 0 Å². The largest absolute Gasteiger partial charge is 0.352 e. The summed E-state index contributed by atoms with van der Waals surface area (Å²) in [5.74, 6) is 0. The minimum absolute atomic E-state index is 0.587. The lowest BCUT2D eigenvalue weighted by atomic mass is 9.99. The van der Waals surface area contributed by atoms with Crippen molar-refractivity contribution in [2.75, 3.05) is 0 Å². The molecule has 0 unspecified atom stereocenters. The Balaban J connectivity index is 2.62. The van der Waals surface area contributed by atoms with E-state index in [0.717, 1.165) is 4.32 Å². The van der Waals surface area contributed by atoms with E-state index >= 15 is 0 Å². The molecule has 0 aliphatic carbocycles. The zero-order valence-electron chi connectivity index (χ0n) is 7.08. The third kappa shape index (κ3) is 2.09. The van der Waals surface area contributed by atoms with Gasteiger partial charge in [0.25, 0.3) is 0 Å². The van der Waals surface area contributed by atoms with E-state index in [1.165, 1.54) is 19.3 Å². The van der Waals surface area contributed by atoms with Crippen LogP contribution in [0, 0.1) is 0 Å². The molecule has 2 atom stereocenters. The predicted molar refractivity (Wildman–Crippen MR) is 56.2 cm³/mol. The van der Waals surface area contributed by atoms with Gasteiger partial charge in [-0.15, -0.1) is 12.6 Å². The van der Waals surface area contributed by atoms with Gasteiger partial charge < -0.3 is 4.90 Å². The fourth-order valence-electron chi connectivity index (χ4n) is 1.80. The van der Waals surface area contributed by atoms with Crippen molar-refractivity contribution in [3.8, 4) is 0 Å². The van der Waals surface area contributed by atoms with Gasteiger partial charge in [-0.25, -0.2) is 0 Å². The van der Waals surface area contributed by atoms with E-state index < -0.39 is 0 Å². The number of rotatable bonds is 0. The van der Waals surface area contributed by atoms with E-state index in [-0.39, 0.29) is 0 Å². The van der Waals surface area contributed by atoms with Crippen molar-refractivity contribution in [2.45, 2.75) is 45.2 Å². The SMILES string of the molecule is C[C@@H]1CCC[C@H](C)N1C(=S)S. The van der Waals surface area contributed by atoms with Crippen molar-refractivity contribution in [1.82, 2.24) is 4.90 Å². The molecule has 64 valence electrons. The summed E-state index contributed by atoms with van der Waals surface area (Å²) >= 11 is 9.28. The normalized spacial score (nSPS) is 32.1. The van der Waals surface area contributed by atoms with Gasteiger partial charge in [0.2, 0.25) is 0 Å². The van der Waals surface area contributed by atoms with Crippen LogP contribution in [0.15, 0.2) is 0 Å². The minimum atomic E-state index is 0.587. The van der Waals surface area contributed by atoms with E-state index in [4.69, 9.17) is 12.2 Å². The Labute approximate surface area is 79.6 Å². The number of nitrogens with zero attached hydrogens (tertiary/aromatic N) is 1. The first-order valence-corrected chi connectivity index (χ1v) is 4.99. The highest BCUT2D eigenvalue weighted by atomic mass is 32.1. The Morgan fingerprint density at radius 3 is 2.09 bits per heavy atom. The van der Waals surface area contributed by atoms with Gasteiger partial charge in [-0.2, -0.15) is 0 Å². The van der Waals surface area contributed by atoms with Crippen LogP contribution in [-0.2, 0) is 0 Å². The van der Waals surface area contributed by atoms with Crippen LogP contribution >= 0.6 is 24.8 Å². The third-order valence-electron chi connectivity index (χ3n) is 2.41. The zero-order valence-corrected chi connectivity index (χ0v) is 8.79. The zero-order chi connectivity index (χ0) is 8.43. The second-order valence-electron chi connectivity index (χ2n) is 3.32. The molecule has 0 saturated carbocycles. The van der Waals surface area contributed by atoms with Crippen molar-refractivity contribution in [3.05, 3.63) is 0 Å². The molecule has 1 fully saturated rings. The summed E-state index contributed by atoms with van der Waals surface area (Å²) in [6.07, 6.45) is 3.84. The Bertz CT molecular complexity index is 148. The first-order chi connectivity index (χ1) is 5.13. The number of hydrogen-bond donors (Lipinski definition) is 1. The maximum atomic E-state index is 5.06. The van der Waals surface area contributed by atoms with Gasteiger partial charge in [-0.3, -0.25) is 0 Å². The molecule has 1 aliphatic rings. The average Bonchev–Trinajstić information content (AvgIpc) is 1.85. The first kappa shape index (κ1) is 9.33. The molecule has 1 heterocycles. The predicted octanol–water partition coefficient (Wildman–Crippen LogP) is 2.46. The monoisotopic (exact) mass is 189 g/mol. The molecular weight excluding hydrogens is 174 g/mol. The fraction of sp³-hybridized carbons (Fsp3) is 0.875. The summed E-state index contributed by atoms with van der Waals surface area (Å²) in [5, 5.41) is 0. The molecule has 0 aromatic carbocycles. The van der Waals surface area contributed by atoms with Gasteiger partial charge in [-0.05, 0) is 33.1 Å². The molecular formula is C8H15NS2. The van der Waals surface area contributed by atoms with Crippen molar-refractivity contribution in [2.24, 2.45) is 0 Å². The molecule has 11 heavy (non-hydrogen) atoms. The van der Waals surface area contributed by atoms with Crippen LogP contribution in [0.25, 0.3) is 0 Å². The highest BCUT2D eigenvalue weighted by Gasteiger charge is 2.24. The summed E-state index contributed by atoms with van der Waals surface area (Å²) in [6, 6.07) is 1.17. The van der Waals surface area contributed by atoms with Crippen LogP contribution in [0.5, 0.6) is 0 Å². The fourth-order valence-corrected chi connectivity index (χ4v) is 2.55.